The molecule has 0 aliphatic carbocycles. The van der Waals surface area contributed by atoms with Gasteiger partial charge < -0.3 is 15.0 Å². The predicted molar refractivity (Wildman–Crippen MR) is 79.3 cm³/mol. The minimum absolute atomic E-state index is 0.172. The Morgan fingerprint density at radius 3 is 2.89 bits per heavy atom. The first kappa shape index (κ1) is 14.3. The highest BCUT2D eigenvalue weighted by molar-refractivity contribution is 9.10. The number of aromatic nitrogens is 1. The number of carbonyl (C=O) groups is 1. The van der Waals surface area contributed by atoms with Crippen LogP contribution in [0.4, 0.5) is 0 Å². The minimum Gasteiger partial charge on any atom is -0.384 e. The van der Waals surface area contributed by atoms with Crippen LogP contribution in [0.1, 0.15) is 23.0 Å². The second kappa shape index (κ2) is 5.48. The molecule has 0 aliphatic rings. The summed E-state index contributed by atoms with van der Waals surface area (Å²) in [6.45, 7) is 1.86. The van der Waals surface area contributed by atoms with Gasteiger partial charge in [0.25, 0.3) is 5.91 Å². The number of aliphatic hydroxyl groups is 1. The monoisotopic (exact) mass is 342 g/mol. The van der Waals surface area contributed by atoms with Crippen molar-refractivity contribution in [2.24, 2.45) is 7.05 Å². The van der Waals surface area contributed by atoms with Crippen LogP contribution >= 0.6 is 27.3 Å². The Kier molecular flexibility index (Phi) is 4.13. The molecular formula is C13H15BrN2O2S. The van der Waals surface area contributed by atoms with E-state index in [4.69, 9.17) is 0 Å². The third kappa shape index (κ3) is 3.26. The minimum atomic E-state index is -1.06. The zero-order valence-corrected chi connectivity index (χ0v) is 13.1. The number of aryl methyl sites for hydroxylation is 1. The number of hydrogen-bond donors (Lipinski definition) is 2. The molecule has 2 aromatic rings. The van der Waals surface area contributed by atoms with Crippen LogP contribution in [0.25, 0.3) is 0 Å². The van der Waals surface area contributed by atoms with Crippen molar-refractivity contribution in [1.29, 1.82) is 0 Å². The number of nitrogens with one attached hydrogen (secondary N) is 1. The number of nitrogens with zero attached hydrogens (tertiary/aromatic N) is 1. The molecule has 6 heteroatoms. The van der Waals surface area contributed by atoms with E-state index >= 15 is 0 Å². The maximum Gasteiger partial charge on any atom is 0.268 e. The zero-order chi connectivity index (χ0) is 14.0. The van der Waals surface area contributed by atoms with E-state index in [0.29, 0.717) is 5.69 Å². The largest absolute Gasteiger partial charge is 0.384 e. The molecule has 0 aliphatic heterocycles. The van der Waals surface area contributed by atoms with E-state index in [2.05, 4.69) is 21.2 Å². The summed E-state index contributed by atoms with van der Waals surface area (Å²) in [4.78, 5) is 12.0. The third-order valence-corrected chi connectivity index (χ3v) is 4.06. The molecule has 2 N–H and O–H groups in total. The average Bonchev–Trinajstić information content (AvgIpc) is 2.96. The van der Waals surface area contributed by atoms with Crippen LogP contribution in [0.15, 0.2) is 33.6 Å². The Morgan fingerprint density at radius 1 is 1.63 bits per heavy atom. The van der Waals surface area contributed by atoms with Gasteiger partial charge in [-0.1, -0.05) is 0 Å². The second-order valence-electron chi connectivity index (χ2n) is 4.62. The Morgan fingerprint density at radius 2 is 2.37 bits per heavy atom. The molecule has 0 radical (unpaired) electrons. The van der Waals surface area contributed by atoms with E-state index < -0.39 is 5.60 Å². The Hall–Kier alpha value is -1.11. The first-order valence-electron chi connectivity index (χ1n) is 5.75. The van der Waals surface area contributed by atoms with Crippen molar-refractivity contribution in [3.05, 3.63) is 44.8 Å². The molecule has 0 aromatic carbocycles. The van der Waals surface area contributed by atoms with Crippen molar-refractivity contribution in [2.75, 3.05) is 6.54 Å². The van der Waals surface area contributed by atoms with Crippen molar-refractivity contribution in [2.45, 2.75) is 12.5 Å². The highest BCUT2D eigenvalue weighted by atomic mass is 79.9. The lowest BCUT2D eigenvalue weighted by Crippen LogP contribution is -2.38. The van der Waals surface area contributed by atoms with Gasteiger partial charge in [0.2, 0.25) is 0 Å². The summed E-state index contributed by atoms with van der Waals surface area (Å²) in [5.74, 6) is -0.205. The van der Waals surface area contributed by atoms with Crippen molar-refractivity contribution < 1.29 is 9.90 Å². The molecule has 0 saturated carbocycles. The van der Waals surface area contributed by atoms with Gasteiger partial charge in [-0.2, -0.15) is 11.3 Å². The lowest BCUT2D eigenvalue weighted by molar-refractivity contribution is 0.0527. The number of hydrogen-bond acceptors (Lipinski definition) is 3. The first-order chi connectivity index (χ1) is 8.90. The van der Waals surface area contributed by atoms with Crippen molar-refractivity contribution in [3.8, 4) is 0 Å². The van der Waals surface area contributed by atoms with E-state index in [9.17, 15) is 9.90 Å². The molecule has 0 spiro atoms. The highest BCUT2D eigenvalue weighted by Gasteiger charge is 2.24. The number of halogens is 1. The summed E-state index contributed by atoms with van der Waals surface area (Å²) in [7, 11) is 1.80. The van der Waals surface area contributed by atoms with Gasteiger partial charge in [0, 0.05) is 17.7 Å². The van der Waals surface area contributed by atoms with Gasteiger partial charge in [-0.25, -0.2) is 0 Å². The van der Waals surface area contributed by atoms with E-state index in [1.54, 1.807) is 24.6 Å². The summed E-state index contributed by atoms with van der Waals surface area (Å²) < 4.78 is 2.59. The molecule has 102 valence electrons. The van der Waals surface area contributed by atoms with Gasteiger partial charge >= 0.3 is 0 Å². The van der Waals surface area contributed by atoms with Crippen LogP contribution in [0.2, 0.25) is 0 Å². The normalized spacial score (nSPS) is 14.1. The van der Waals surface area contributed by atoms with Crippen LogP contribution in [-0.2, 0) is 12.6 Å². The van der Waals surface area contributed by atoms with Crippen molar-refractivity contribution >= 4 is 33.2 Å². The molecule has 0 bridgehead atoms. The van der Waals surface area contributed by atoms with Crippen LogP contribution in [-0.4, -0.2) is 22.1 Å². The fraction of sp³-hybridized carbons (Fsp3) is 0.308. The lowest BCUT2D eigenvalue weighted by atomic mass is 9.99. The Balaban J connectivity index is 2.03. The molecular weight excluding hydrogens is 328 g/mol. The van der Waals surface area contributed by atoms with E-state index in [1.165, 1.54) is 11.3 Å². The quantitative estimate of drug-likeness (QED) is 0.896. The summed E-state index contributed by atoms with van der Waals surface area (Å²) in [6.07, 6.45) is 1.81. The molecule has 0 fully saturated rings. The van der Waals surface area contributed by atoms with Crippen molar-refractivity contribution in [3.63, 3.8) is 0 Å². The van der Waals surface area contributed by atoms with Gasteiger partial charge in [0.15, 0.2) is 0 Å². The fourth-order valence-corrected chi connectivity index (χ4v) is 3.07. The standard InChI is InChI=1S/C13H15BrN2O2S/c1-13(18,9-3-4-19-7-9)8-15-12(17)11-5-10(14)6-16(11)2/h3-7,18H,8H2,1-2H3,(H,15,17)/t13-/m0/s1. The second-order valence-corrected chi connectivity index (χ2v) is 6.32. The molecule has 2 rings (SSSR count). The Bertz CT molecular complexity index is 575. The molecule has 1 atom stereocenters. The van der Waals surface area contributed by atoms with Crippen LogP contribution in [0.5, 0.6) is 0 Å². The summed E-state index contributed by atoms with van der Waals surface area (Å²) in [5, 5.41) is 16.9. The van der Waals surface area contributed by atoms with Gasteiger partial charge in [0.05, 0.1) is 6.54 Å². The van der Waals surface area contributed by atoms with E-state index in [-0.39, 0.29) is 12.5 Å². The maximum atomic E-state index is 12.0. The number of carbonyl (C=O) groups excluding carboxylic acids is 1. The summed E-state index contributed by atoms with van der Waals surface area (Å²) in [5.41, 5.74) is 0.303. The van der Waals surface area contributed by atoms with E-state index in [0.717, 1.165) is 10.0 Å². The fourth-order valence-electron chi connectivity index (χ4n) is 1.77. The molecule has 19 heavy (non-hydrogen) atoms. The molecule has 0 saturated heterocycles. The molecule has 4 nitrogen and oxygen atoms in total. The van der Waals surface area contributed by atoms with Gasteiger partial charge in [-0.15, -0.1) is 0 Å². The maximum absolute atomic E-state index is 12.0. The van der Waals surface area contributed by atoms with Gasteiger partial charge in [-0.3, -0.25) is 4.79 Å². The topological polar surface area (TPSA) is 54.3 Å². The number of rotatable bonds is 4. The molecule has 2 heterocycles. The van der Waals surface area contributed by atoms with Crippen LogP contribution in [0, 0.1) is 0 Å². The van der Waals surface area contributed by atoms with Crippen LogP contribution in [0.3, 0.4) is 0 Å². The lowest BCUT2D eigenvalue weighted by Gasteiger charge is -2.22. The number of amides is 1. The summed E-state index contributed by atoms with van der Waals surface area (Å²) in [6, 6.07) is 3.60. The van der Waals surface area contributed by atoms with Gasteiger partial charge in [0.1, 0.15) is 11.3 Å². The highest BCUT2D eigenvalue weighted by Crippen LogP contribution is 2.22. The first-order valence-corrected chi connectivity index (χ1v) is 7.49. The van der Waals surface area contributed by atoms with Crippen LogP contribution < -0.4 is 5.32 Å². The summed E-state index contributed by atoms with van der Waals surface area (Å²) >= 11 is 4.84. The molecule has 1 amide bonds. The smallest absolute Gasteiger partial charge is 0.268 e. The molecule has 0 unspecified atom stereocenters. The Labute approximate surface area is 124 Å². The van der Waals surface area contributed by atoms with E-state index in [1.807, 2.05) is 23.0 Å². The SMILES string of the molecule is Cn1cc(Br)cc1C(=O)NC[C@](C)(O)c1ccsc1. The predicted octanol–water partition coefficient (Wildman–Crippen LogP) is 2.49. The van der Waals surface area contributed by atoms with Gasteiger partial charge in [-0.05, 0) is 51.3 Å². The average molecular weight is 343 g/mol. The third-order valence-electron chi connectivity index (χ3n) is 2.94. The number of thiophene rings is 1. The molecule has 2 aromatic heterocycles. The van der Waals surface area contributed by atoms with Crippen molar-refractivity contribution in [1.82, 2.24) is 9.88 Å². The zero-order valence-electron chi connectivity index (χ0n) is 10.7.